The highest BCUT2D eigenvalue weighted by atomic mass is 16.6. The van der Waals surface area contributed by atoms with Gasteiger partial charge in [0.2, 0.25) is 0 Å². The molecule has 0 aliphatic heterocycles. The number of nitrogens with one attached hydrogen (secondary N) is 1. The lowest BCUT2D eigenvalue weighted by Gasteiger charge is -2.22. The van der Waals surface area contributed by atoms with Gasteiger partial charge < -0.3 is 23.9 Å². The van der Waals surface area contributed by atoms with E-state index < -0.39 is 29.3 Å². The lowest BCUT2D eigenvalue weighted by atomic mass is 10.1. The van der Waals surface area contributed by atoms with Crippen LogP contribution in [0.3, 0.4) is 0 Å². The van der Waals surface area contributed by atoms with E-state index in [4.69, 9.17) is 18.6 Å². The number of rotatable bonds is 6. The Hall–Kier alpha value is -3.55. The summed E-state index contributed by atoms with van der Waals surface area (Å²) in [6.07, 6.45) is 0.337. The molecule has 170 valence electrons. The first-order chi connectivity index (χ1) is 15.1. The van der Waals surface area contributed by atoms with Crippen molar-refractivity contribution in [3.63, 3.8) is 0 Å². The third-order valence-electron chi connectivity index (χ3n) is 4.66. The van der Waals surface area contributed by atoms with Crippen molar-refractivity contribution in [1.82, 2.24) is 5.32 Å². The minimum absolute atomic E-state index is 0.200. The Morgan fingerprint density at radius 2 is 1.72 bits per heavy atom. The van der Waals surface area contributed by atoms with Gasteiger partial charge in [-0.2, -0.15) is 0 Å². The molecular weight excluding hydrogens is 414 g/mol. The maximum Gasteiger partial charge on any atom is 0.408 e. The molecule has 0 saturated heterocycles. The van der Waals surface area contributed by atoms with E-state index in [1.54, 1.807) is 51.1 Å². The maximum atomic E-state index is 12.7. The molecular formula is C24H27NO7. The average molecular weight is 441 g/mol. The summed E-state index contributed by atoms with van der Waals surface area (Å²) in [4.78, 5) is 37.2. The summed E-state index contributed by atoms with van der Waals surface area (Å²) in [5, 5.41) is 4.34. The first-order valence-corrected chi connectivity index (χ1v) is 10.4. The summed E-state index contributed by atoms with van der Waals surface area (Å²) >= 11 is 0. The van der Waals surface area contributed by atoms with Crippen molar-refractivity contribution < 1.29 is 28.2 Å². The molecule has 1 heterocycles. The number of alkyl carbamates (subject to hydrolysis) is 1. The Balaban J connectivity index is 1.85. The van der Waals surface area contributed by atoms with Crippen LogP contribution in [0.15, 0.2) is 45.6 Å². The molecule has 0 fully saturated rings. The van der Waals surface area contributed by atoms with Crippen LogP contribution in [0.5, 0.6) is 11.5 Å². The standard InChI is InChI=1S/C24H27NO7/c1-6-7-19(25-23(28)32-24(2,3)4)22(27)30-15-9-11-17-16-10-8-14(29-5)12-18(16)21(26)31-20(17)13-15/h8-13,19H,6-7H2,1-5H3,(H,25,28)/t19-/m1/s1. The van der Waals surface area contributed by atoms with E-state index in [0.717, 1.165) is 0 Å². The molecule has 32 heavy (non-hydrogen) atoms. The number of esters is 1. The third kappa shape index (κ3) is 5.38. The molecule has 1 aromatic heterocycles. The lowest BCUT2D eigenvalue weighted by Crippen LogP contribution is -2.45. The van der Waals surface area contributed by atoms with E-state index in [1.807, 2.05) is 6.92 Å². The van der Waals surface area contributed by atoms with Gasteiger partial charge in [0.1, 0.15) is 28.7 Å². The largest absolute Gasteiger partial charge is 0.497 e. The van der Waals surface area contributed by atoms with Crippen molar-refractivity contribution in [2.75, 3.05) is 7.11 Å². The fraction of sp³-hybridized carbons (Fsp3) is 0.375. The molecule has 1 N–H and O–H groups in total. The van der Waals surface area contributed by atoms with Gasteiger partial charge in [0.15, 0.2) is 0 Å². The molecule has 0 spiro atoms. The number of amides is 1. The van der Waals surface area contributed by atoms with Crippen molar-refractivity contribution in [3.05, 3.63) is 46.8 Å². The summed E-state index contributed by atoms with van der Waals surface area (Å²) in [6, 6.07) is 9.09. The third-order valence-corrected chi connectivity index (χ3v) is 4.66. The van der Waals surface area contributed by atoms with Gasteiger partial charge in [-0.15, -0.1) is 0 Å². The fourth-order valence-corrected chi connectivity index (χ4v) is 3.26. The predicted molar refractivity (Wildman–Crippen MR) is 120 cm³/mol. The number of methoxy groups -OCH3 is 1. The van der Waals surface area contributed by atoms with Crippen LogP contribution >= 0.6 is 0 Å². The Labute approximate surface area is 185 Å². The summed E-state index contributed by atoms with van der Waals surface area (Å²) in [5.41, 5.74) is -0.927. The monoisotopic (exact) mass is 441 g/mol. The van der Waals surface area contributed by atoms with Crippen LogP contribution in [0.1, 0.15) is 40.5 Å². The van der Waals surface area contributed by atoms with Gasteiger partial charge in [0.05, 0.1) is 12.5 Å². The second-order valence-corrected chi connectivity index (χ2v) is 8.37. The molecule has 0 unspecified atom stereocenters. The number of benzene rings is 2. The fourth-order valence-electron chi connectivity index (χ4n) is 3.26. The minimum atomic E-state index is -0.873. The summed E-state index contributed by atoms with van der Waals surface area (Å²) < 4.78 is 21.3. The molecule has 0 saturated carbocycles. The molecule has 0 bridgehead atoms. The van der Waals surface area contributed by atoms with Crippen LogP contribution in [0, 0.1) is 0 Å². The number of fused-ring (bicyclic) bond motifs is 3. The maximum absolute atomic E-state index is 12.7. The second-order valence-electron chi connectivity index (χ2n) is 8.37. The first kappa shape index (κ1) is 23.1. The number of carbonyl (C=O) groups is 2. The number of hydrogen-bond acceptors (Lipinski definition) is 7. The molecule has 1 amide bonds. The first-order valence-electron chi connectivity index (χ1n) is 10.4. The van der Waals surface area contributed by atoms with Crippen LogP contribution in [0.25, 0.3) is 21.7 Å². The minimum Gasteiger partial charge on any atom is -0.497 e. The predicted octanol–water partition coefficient (Wildman–Crippen LogP) is 4.55. The van der Waals surface area contributed by atoms with Gasteiger partial charge in [-0.3, -0.25) is 0 Å². The smallest absolute Gasteiger partial charge is 0.408 e. The highest BCUT2D eigenvalue weighted by Gasteiger charge is 2.25. The van der Waals surface area contributed by atoms with Crippen LogP contribution in [0.4, 0.5) is 4.79 Å². The van der Waals surface area contributed by atoms with Gasteiger partial charge >= 0.3 is 17.7 Å². The van der Waals surface area contributed by atoms with Crippen molar-refractivity contribution in [1.29, 1.82) is 0 Å². The van der Waals surface area contributed by atoms with Crippen molar-refractivity contribution in [2.24, 2.45) is 0 Å². The normalized spacial score (nSPS) is 12.4. The molecule has 2 aromatic carbocycles. The molecule has 0 aliphatic carbocycles. The van der Waals surface area contributed by atoms with Crippen molar-refractivity contribution in [2.45, 2.75) is 52.2 Å². The lowest BCUT2D eigenvalue weighted by molar-refractivity contribution is -0.137. The van der Waals surface area contributed by atoms with Crippen LogP contribution < -0.4 is 20.4 Å². The van der Waals surface area contributed by atoms with Gasteiger partial charge in [0, 0.05) is 16.8 Å². The molecule has 1 atom stereocenters. The molecule has 3 aromatic rings. The Morgan fingerprint density at radius 1 is 1.03 bits per heavy atom. The number of ether oxygens (including phenoxy) is 3. The second kappa shape index (κ2) is 9.30. The van der Waals surface area contributed by atoms with Gasteiger partial charge in [0.25, 0.3) is 0 Å². The zero-order valence-corrected chi connectivity index (χ0v) is 18.8. The molecule has 0 radical (unpaired) electrons. The summed E-state index contributed by atoms with van der Waals surface area (Å²) in [5.74, 6) is 0.115. The van der Waals surface area contributed by atoms with Crippen LogP contribution in [-0.2, 0) is 9.53 Å². The molecule has 8 heteroatoms. The Bertz CT molecular complexity index is 1210. The van der Waals surface area contributed by atoms with E-state index in [9.17, 15) is 14.4 Å². The summed E-state index contributed by atoms with van der Waals surface area (Å²) in [7, 11) is 1.52. The molecule has 3 rings (SSSR count). The van der Waals surface area contributed by atoms with Crippen LogP contribution in [0.2, 0.25) is 0 Å². The Kier molecular flexibility index (Phi) is 6.72. The van der Waals surface area contributed by atoms with Crippen molar-refractivity contribution in [3.8, 4) is 11.5 Å². The zero-order valence-electron chi connectivity index (χ0n) is 18.8. The zero-order chi connectivity index (χ0) is 23.5. The van der Waals surface area contributed by atoms with Gasteiger partial charge in [-0.25, -0.2) is 14.4 Å². The van der Waals surface area contributed by atoms with Crippen LogP contribution in [-0.4, -0.2) is 30.8 Å². The van der Waals surface area contributed by atoms with Gasteiger partial charge in [-0.1, -0.05) is 13.3 Å². The molecule has 0 aliphatic rings. The topological polar surface area (TPSA) is 104 Å². The molecule has 8 nitrogen and oxygen atoms in total. The average Bonchev–Trinajstić information content (AvgIpc) is 2.71. The highest BCUT2D eigenvalue weighted by Crippen LogP contribution is 2.28. The number of hydrogen-bond donors (Lipinski definition) is 1. The van der Waals surface area contributed by atoms with E-state index in [0.29, 0.717) is 34.7 Å². The Morgan fingerprint density at radius 3 is 2.38 bits per heavy atom. The number of carbonyl (C=O) groups excluding carboxylic acids is 2. The van der Waals surface area contributed by atoms with Gasteiger partial charge in [-0.05, 0) is 57.5 Å². The highest BCUT2D eigenvalue weighted by molar-refractivity contribution is 6.05. The van der Waals surface area contributed by atoms with E-state index in [-0.39, 0.29) is 11.3 Å². The van der Waals surface area contributed by atoms with Crippen molar-refractivity contribution >= 4 is 33.8 Å². The van der Waals surface area contributed by atoms with E-state index >= 15 is 0 Å². The van der Waals surface area contributed by atoms with E-state index in [2.05, 4.69) is 5.32 Å². The SMILES string of the molecule is CCC[C@@H](NC(=O)OC(C)(C)C)C(=O)Oc1ccc2c(c1)oc(=O)c1cc(OC)ccc12. The quantitative estimate of drug-likeness (QED) is 0.259. The summed E-state index contributed by atoms with van der Waals surface area (Å²) in [6.45, 7) is 7.11. The van der Waals surface area contributed by atoms with E-state index in [1.165, 1.54) is 13.2 Å².